The summed E-state index contributed by atoms with van der Waals surface area (Å²) < 4.78 is 13.5. The van der Waals surface area contributed by atoms with Crippen molar-refractivity contribution in [2.24, 2.45) is 0 Å². The van der Waals surface area contributed by atoms with Crippen LogP contribution >= 0.6 is 0 Å². The molecule has 0 radical (unpaired) electrons. The van der Waals surface area contributed by atoms with Crippen LogP contribution in [0.1, 0.15) is 80.1 Å². The van der Waals surface area contributed by atoms with Crippen LogP contribution < -0.4 is 0 Å². The van der Waals surface area contributed by atoms with Gasteiger partial charge in [-0.2, -0.15) is 0 Å². The molecule has 1 saturated heterocycles. The van der Waals surface area contributed by atoms with E-state index < -0.39 is 16.6 Å². The standard InChI is InChI=1S/C24H51NO3Si2/c1-23(2,3)29(7,8)27-20-21-19-22(28-30(9,10)24(4,5)6)15-17-25(21)16-13-11-12-14-18-26/h18,21-22H,11-17,19-20H2,1-10H3/t21-,22?/m0/s1. The largest absolute Gasteiger partial charge is 0.415 e. The van der Waals surface area contributed by atoms with E-state index in [2.05, 4.69) is 72.6 Å². The van der Waals surface area contributed by atoms with Crippen molar-refractivity contribution >= 4 is 22.9 Å². The van der Waals surface area contributed by atoms with Gasteiger partial charge in [-0.1, -0.05) is 48.0 Å². The van der Waals surface area contributed by atoms with E-state index in [0.717, 1.165) is 58.1 Å². The average molecular weight is 458 g/mol. The summed E-state index contributed by atoms with van der Waals surface area (Å²) in [7, 11) is -3.52. The highest BCUT2D eigenvalue weighted by Crippen LogP contribution is 2.40. The number of hydrogen-bond acceptors (Lipinski definition) is 4. The predicted molar refractivity (Wildman–Crippen MR) is 134 cm³/mol. The lowest BCUT2D eigenvalue weighted by molar-refractivity contribution is -0.107. The lowest BCUT2D eigenvalue weighted by Gasteiger charge is -2.46. The van der Waals surface area contributed by atoms with Crippen LogP contribution in [0.4, 0.5) is 0 Å². The third-order valence-corrected chi connectivity index (χ3v) is 16.8. The van der Waals surface area contributed by atoms with Crippen molar-refractivity contribution in [3.63, 3.8) is 0 Å². The minimum Gasteiger partial charge on any atom is -0.415 e. The fourth-order valence-electron chi connectivity index (χ4n) is 3.47. The molecule has 0 spiro atoms. The zero-order valence-electron chi connectivity index (χ0n) is 21.8. The molecule has 0 aromatic rings. The molecule has 1 rings (SSSR count). The third-order valence-electron chi connectivity index (χ3n) is 7.77. The van der Waals surface area contributed by atoms with Crippen molar-refractivity contribution in [2.75, 3.05) is 19.7 Å². The van der Waals surface area contributed by atoms with E-state index in [-0.39, 0.29) is 10.1 Å². The van der Waals surface area contributed by atoms with E-state index in [9.17, 15) is 4.79 Å². The molecule has 0 aromatic heterocycles. The molecule has 0 saturated carbocycles. The maximum absolute atomic E-state index is 10.6. The molecular weight excluding hydrogens is 406 g/mol. The van der Waals surface area contributed by atoms with Crippen LogP contribution in [0.25, 0.3) is 0 Å². The van der Waals surface area contributed by atoms with Crippen LogP contribution in [0.5, 0.6) is 0 Å². The van der Waals surface area contributed by atoms with Gasteiger partial charge < -0.3 is 13.6 Å². The van der Waals surface area contributed by atoms with Gasteiger partial charge in [0.2, 0.25) is 0 Å². The number of unbranched alkanes of at least 4 members (excludes halogenated alkanes) is 3. The van der Waals surface area contributed by atoms with Gasteiger partial charge in [-0.15, -0.1) is 0 Å². The first-order chi connectivity index (χ1) is 13.6. The van der Waals surface area contributed by atoms with Crippen LogP contribution in [-0.2, 0) is 13.6 Å². The highest BCUT2D eigenvalue weighted by molar-refractivity contribution is 6.74. The number of rotatable bonds is 11. The summed E-state index contributed by atoms with van der Waals surface area (Å²) in [6.45, 7) is 26.4. The van der Waals surface area contributed by atoms with Crippen LogP contribution in [0, 0.1) is 0 Å². The van der Waals surface area contributed by atoms with E-state index in [1.807, 2.05) is 0 Å². The van der Waals surface area contributed by atoms with Gasteiger partial charge in [0.25, 0.3) is 0 Å². The van der Waals surface area contributed by atoms with Gasteiger partial charge in [0, 0.05) is 31.7 Å². The summed E-state index contributed by atoms with van der Waals surface area (Å²) in [5.74, 6) is 0. The van der Waals surface area contributed by atoms with Gasteiger partial charge in [-0.05, 0) is 68.5 Å². The molecule has 0 aliphatic carbocycles. The van der Waals surface area contributed by atoms with E-state index in [1.165, 1.54) is 0 Å². The maximum Gasteiger partial charge on any atom is 0.192 e. The van der Waals surface area contributed by atoms with Gasteiger partial charge in [0.05, 0.1) is 0 Å². The topological polar surface area (TPSA) is 38.8 Å². The number of nitrogens with zero attached hydrogens (tertiary/aromatic N) is 1. The van der Waals surface area contributed by atoms with Gasteiger partial charge >= 0.3 is 0 Å². The number of likely N-dealkylation sites (tertiary alicyclic amines) is 1. The smallest absolute Gasteiger partial charge is 0.192 e. The van der Waals surface area contributed by atoms with Crippen LogP contribution in [0.2, 0.25) is 36.3 Å². The Bertz CT molecular complexity index is 524. The molecule has 4 nitrogen and oxygen atoms in total. The molecule has 30 heavy (non-hydrogen) atoms. The first kappa shape index (κ1) is 28.0. The van der Waals surface area contributed by atoms with Crippen molar-refractivity contribution in [1.82, 2.24) is 4.90 Å². The number of hydrogen-bond donors (Lipinski definition) is 0. The van der Waals surface area contributed by atoms with Crippen molar-refractivity contribution in [1.29, 1.82) is 0 Å². The second kappa shape index (κ2) is 11.2. The Morgan fingerprint density at radius 1 is 0.933 bits per heavy atom. The van der Waals surface area contributed by atoms with Crippen molar-refractivity contribution in [2.45, 2.75) is 128 Å². The molecule has 1 aliphatic rings. The summed E-state index contributed by atoms with van der Waals surface area (Å²) in [5.41, 5.74) is 0. The van der Waals surface area contributed by atoms with Crippen molar-refractivity contribution in [3.05, 3.63) is 0 Å². The number of carbonyl (C=O) groups excluding carboxylic acids is 1. The Morgan fingerprint density at radius 2 is 1.53 bits per heavy atom. The van der Waals surface area contributed by atoms with Gasteiger partial charge in [-0.25, -0.2) is 0 Å². The summed E-state index contributed by atoms with van der Waals surface area (Å²) in [6, 6.07) is 0.439. The summed E-state index contributed by atoms with van der Waals surface area (Å²) in [4.78, 5) is 13.2. The second-order valence-electron chi connectivity index (χ2n) is 12.3. The molecule has 1 heterocycles. The Balaban J connectivity index is 2.78. The first-order valence-electron chi connectivity index (χ1n) is 12.1. The molecule has 0 amide bonds. The SMILES string of the molecule is CC(C)(C)[Si](C)(C)OC[C@@H]1CC(O[Si](C)(C)C(C)(C)C)CCN1CCCCCC=O. The average Bonchev–Trinajstić information content (AvgIpc) is 2.59. The van der Waals surface area contributed by atoms with E-state index in [0.29, 0.717) is 18.6 Å². The molecule has 1 fully saturated rings. The first-order valence-corrected chi connectivity index (χ1v) is 17.9. The van der Waals surface area contributed by atoms with Crippen molar-refractivity contribution < 1.29 is 13.6 Å². The number of carbonyl (C=O) groups is 1. The molecule has 6 heteroatoms. The van der Waals surface area contributed by atoms with Gasteiger partial charge in [0.15, 0.2) is 16.6 Å². The lowest BCUT2D eigenvalue weighted by atomic mass is 9.99. The maximum atomic E-state index is 10.6. The Labute approximate surface area is 189 Å². The summed E-state index contributed by atoms with van der Waals surface area (Å²) in [5, 5.41) is 0.480. The molecule has 0 bridgehead atoms. The minimum absolute atomic E-state index is 0.234. The molecule has 0 N–H and O–H groups in total. The van der Waals surface area contributed by atoms with Crippen LogP contribution in [0.15, 0.2) is 0 Å². The third kappa shape index (κ3) is 8.49. The monoisotopic (exact) mass is 457 g/mol. The summed E-state index contributed by atoms with van der Waals surface area (Å²) in [6.07, 6.45) is 7.60. The van der Waals surface area contributed by atoms with Gasteiger partial charge in [0.1, 0.15) is 6.29 Å². The molecule has 2 atom stereocenters. The fraction of sp³-hybridized carbons (Fsp3) is 0.958. The number of piperidine rings is 1. The van der Waals surface area contributed by atoms with Crippen LogP contribution in [-0.4, -0.2) is 59.7 Å². The molecular formula is C24H51NO3Si2. The normalized spacial score (nSPS) is 22.3. The zero-order valence-corrected chi connectivity index (χ0v) is 23.8. The highest BCUT2D eigenvalue weighted by atomic mass is 28.4. The molecule has 178 valence electrons. The zero-order chi connectivity index (χ0) is 23.2. The molecule has 1 aliphatic heterocycles. The second-order valence-corrected chi connectivity index (χ2v) is 21.9. The van der Waals surface area contributed by atoms with Crippen molar-refractivity contribution in [3.8, 4) is 0 Å². The summed E-state index contributed by atoms with van der Waals surface area (Å²) >= 11 is 0. The molecule has 0 aromatic carbocycles. The van der Waals surface area contributed by atoms with E-state index in [1.54, 1.807) is 0 Å². The Morgan fingerprint density at radius 3 is 2.07 bits per heavy atom. The number of aldehydes is 1. The Kier molecular flexibility index (Phi) is 10.5. The van der Waals surface area contributed by atoms with E-state index in [4.69, 9.17) is 8.85 Å². The van der Waals surface area contributed by atoms with E-state index >= 15 is 0 Å². The predicted octanol–water partition coefficient (Wildman–Crippen LogP) is 6.62. The van der Waals surface area contributed by atoms with Crippen LogP contribution in [0.3, 0.4) is 0 Å². The fourth-order valence-corrected chi connectivity index (χ4v) is 5.91. The lowest BCUT2D eigenvalue weighted by Crippen LogP contribution is -2.53. The Hall–Kier alpha value is -0.0162. The molecule has 1 unspecified atom stereocenters. The highest BCUT2D eigenvalue weighted by Gasteiger charge is 2.42. The quantitative estimate of drug-likeness (QED) is 0.198. The minimum atomic E-state index is -1.76. The van der Waals surface area contributed by atoms with Gasteiger partial charge in [-0.3, -0.25) is 4.90 Å².